The highest BCUT2D eigenvalue weighted by Gasteiger charge is 2.41. The molecule has 0 unspecified atom stereocenters. The van der Waals surface area contributed by atoms with Gasteiger partial charge in [-0.05, 0) is 43.8 Å². The molecule has 0 aliphatic carbocycles. The van der Waals surface area contributed by atoms with Gasteiger partial charge in [0.05, 0.1) is 17.0 Å². The van der Waals surface area contributed by atoms with Gasteiger partial charge in [0.15, 0.2) is 5.78 Å². The van der Waals surface area contributed by atoms with Crippen LogP contribution in [0.5, 0.6) is 0 Å². The average Bonchev–Trinajstić information content (AvgIpc) is 3.42. The molecule has 31 heavy (non-hydrogen) atoms. The van der Waals surface area contributed by atoms with Crippen molar-refractivity contribution < 1.29 is 19.3 Å². The zero-order valence-electron chi connectivity index (χ0n) is 17.0. The highest BCUT2D eigenvalue weighted by Crippen LogP contribution is 2.31. The van der Waals surface area contributed by atoms with Gasteiger partial charge in [0.2, 0.25) is 0 Å². The molecule has 3 aromatic rings. The van der Waals surface area contributed by atoms with Crippen molar-refractivity contribution in [3.8, 4) is 0 Å². The van der Waals surface area contributed by atoms with Crippen LogP contribution in [-0.4, -0.2) is 38.5 Å². The van der Waals surface area contributed by atoms with Gasteiger partial charge in [-0.1, -0.05) is 12.1 Å². The number of nitrogens with zero attached hydrogens (tertiary/aromatic N) is 3. The fourth-order valence-corrected chi connectivity index (χ4v) is 4.64. The van der Waals surface area contributed by atoms with Crippen molar-refractivity contribution in [2.45, 2.75) is 26.8 Å². The Labute approximate surface area is 181 Å². The van der Waals surface area contributed by atoms with Gasteiger partial charge in [-0.2, -0.15) is 0 Å². The van der Waals surface area contributed by atoms with E-state index >= 15 is 0 Å². The lowest BCUT2D eigenvalue weighted by Gasteiger charge is -2.13. The Morgan fingerprint density at radius 2 is 1.90 bits per heavy atom. The van der Waals surface area contributed by atoms with Crippen LogP contribution in [0.3, 0.4) is 0 Å². The zero-order valence-corrected chi connectivity index (χ0v) is 17.8. The highest BCUT2D eigenvalue weighted by atomic mass is 32.1. The smallest absolute Gasteiger partial charge is 0.282 e. The first-order valence-corrected chi connectivity index (χ1v) is 10.5. The molecule has 4 rings (SSSR count). The van der Waals surface area contributed by atoms with Gasteiger partial charge in [0.1, 0.15) is 5.56 Å². The molecule has 0 bridgehead atoms. The van der Waals surface area contributed by atoms with Gasteiger partial charge < -0.3 is 4.57 Å². The van der Waals surface area contributed by atoms with Crippen LogP contribution in [0.4, 0.5) is 5.69 Å². The minimum Gasteiger partial charge on any atom is -0.348 e. The van der Waals surface area contributed by atoms with Crippen LogP contribution >= 0.6 is 11.3 Å². The molecular weight excluding hydrogens is 418 g/mol. The monoisotopic (exact) mass is 437 g/mol. The van der Waals surface area contributed by atoms with Crippen molar-refractivity contribution in [2.24, 2.45) is 0 Å². The molecule has 0 atom stereocenters. The van der Waals surface area contributed by atoms with Gasteiger partial charge in [0, 0.05) is 34.4 Å². The number of thiophene rings is 1. The normalized spacial score (nSPS) is 13.0. The molecule has 0 N–H and O–H groups in total. The SMILES string of the molecule is Cc1cc(C(=O)CN2C(=O)c3cccc([N+](=O)[O-])c3C2=O)c(C)n1CCc1cccs1. The number of carbonyl (C=O) groups excluding carboxylic acids is 3. The number of rotatable bonds is 7. The Kier molecular flexibility index (Phi) is 5.28. The minimum absolute atomic E-state index is 0.0478. The topological polar surface area (TPSA) is 103 Å². The molecule has 158 valence electrons. The van der Waals surface area contributed by atoms with E-state index < -0.39 is 29.0 Å². The summed E-state index contributed by atoms with van der Waals surface area (Å²) in [7, 11) is 0. The fourth-order valence-electron chi connectivity index (χ4n) is 3.94. The van der Waals surface area contributed by atoms with E-state index in [1.165, 1.54) is 23.1 Å². The second-order valence-electron chi connectivity index (χ2n) is 7.34. The number of fused-ring (bicyclic) bond motifs is 1. The first kappa shape index (κ1) is 20.7. The Hall–Kier alpha value is -3.59. The molecule has 1 aliphatic heterocycles. The van der Waals surface area contributed by atoms with Crippen LogP contribution < -0.4 is 0 Å². The van der Waals surface area contributed by atoms with E-state index in [1.807, 2.05) is 29.9 Å². The molecule has 1 aromatic carbocycles. The summed E-state index contributed by atoms with van der Waals surface area (Å²) in [5.74, 6) is -1.89. The summed E-state index contributed by atoms with van der Waals surface area (Å²) in [5.41, 5.74) is 1.38. The largest absolute Gasteiger partial charge is 0.348 e. The average molecular weight is 437 g/mol. The number of amides is 2. The first-order chi connectivity index (χ1) is 14.8. The third kappa shape index (κ3) is 3.57. The number of aryl methyl sites for hydroxylation is 2. The summed E-state index contributed by atoms with van der Waals surface area (Å²) in [6.07, 6.45) is 0.837. The molecule has 8 nitrogen and oxygen atoms in total. The van der Waals surface area contributed by atoms with Crippen molar-refractivity contribution in [3.05, 3.63) is 84.8 Å². The van der Waals surface area contributed by atoms with Crippen LogP contribution in [0.1, 0.15) is 47.3 Å². The lowest BCUT2D eigenvalue weighted by atomic mass is 10.1. The summed E-state index contributed by atoms with van der Waals surface area (Å²) in [6, 6.07) is 9.71. The van der Waals surface area contributed by atoms with Crippen LogP contribution in [0.2, 0.25) is 0 Å². The molecular formula is C22H19N3O5S. The van der Waals surface area contributed by atoms with Gasteiger partial charge in [-0.3, -0.25) is 29.4 Å². The van der Waals surface area contributed by atoms with E-state index in [-0.39, 0.29) is 16.9 Å². The maximum Gasteiger partial charge on any atom is 0.282 e. The molecule has 2 aromatic heterocycles. The number of ketones is 1. The predicted octanol–water partition coefficient (Wildman–Crippen LogP) is 3.80. The molecule has 3 heterocycles. The highest BCUT2D eigenvalue weighted by molar-refractivity contribution is 7.09. The molecule has 0 fully saturated rings. The summed E-state index contributed by atoms with van der Waals surface area (Å²) in [6.45, 7) is 3.99. The van der Waals surface area contributed by atoms with Crippen molar-refractivity contribution in [2.75, 3.05) is 6.54 Å². The molecule has 0 spiro atoms. The zero-order chi connectivity index (χ0) is 22.3. The van der Waals surface area contributed by atoms with Gasteiger partial charge >= 0.3 is 0 Å². The van der Waals surface area contributed by atoms with Crippen molar-refractivity contribution in [3.63, 3.8) is 0 Å². The van der Waals surface area contributed by atoms with Crippen LogP contribution in [0, 0.1) is 24.0 Å². The Bertz CT molecular complexity index is 1230. The number of hydrogen-bond donors (Lipinski definition) is 0. The number of hydrogen-bond acceptors (Lipinski definition) is 6. The molecule has 0 saturated heterocycles. The number of nitro benzene ring substituents is 1. The van der Waals surface area contributed by atoms with Crippen molar-refractivity contribution >= 4 is 34.6 Å². The second-order valence-corrected chi connectivity index (χ2v) is 8.37. The number of Topliss-reactive ketones (excluding diaryl/α,β-unsaturated/α-hetero) is 1. The van der Waals surface area contributed by atoms with E-state index in [0.717, 1.165) is 22.7 Å². The maximum atomic E-state index is 13.0. The lowest BCUT2D eigenvalue weighted by molar-refractivity contribution is -0.385. The second kappa shape index (κ2) is 7.92. The molecule has 0 radical (unpaired) electrons. The Morgan fingerprint density at radius 3 is 2.58 bits per heavy atom. The number of imide groups is 1. The van der Waals surface area contributed by atoms with E-state index in [1.54, 1.807) is 17.4 Å². The molecule has 2 amide bonds. The summed E-state index contributed by atoms with van der Waals surface area (Å²) in [4.78, 5) is 51.0. The van der Waals surface area contributed by atoms with Crippen LogP contribution in [0.25, 0.3) is 0 Å². The number of nitro groups is 1. The number of benzene rings is 1. The predicted molar refractivity (Wildman–Crippen MR) is 115 cm³/mol. The van der Waals surface area contributed by atoms with Crippen molar-refractivity contribution in [1.82, 2.24) is 9.47 Å². The third-order valence-electron chi connectivity index (χ3n) is 5.51. The molecule has 9 heteroatoms. The summed E-state index contributed by atoms with van der Waals surface area (Å²) >= 11 is 1.68. The van der Waals surface area contributed by atoms with E-state index in [2.05, 4.69) is 6.07 Å². The maximum absolute atomic E-state index is 13.0. The number of aromatic nitrogens is 1. The van der Waals surface area contributed by atoms with Crippen molar-refractivity contribution in [1.29, 1.82) is 0 Å². The fraction of sp³-hybridized carbons (Fsp3) is 0.227. The Morgan fingerprint density at radius 1 is 1.13 bits per heavy atom. The van der Waals surface area contributed by atoms with E-state index in [4.69, 9.17) is 0 Å². The molecule has 1 aliphatic rings. The van der Waals surface area contributed by atoms with Crippen LogP contribution in [0.15, 0.2) is 41.8 Å². The Balaban J connectivity index is 1.56. The number of carbonyl (C=O) groups is 3. The first-order valence-electron chi connectivity index (χ1n) is 9.65. The standard InChI is InChI=1S/C22H19N3O5S/c1-13-11-17(14(2)23(13)9-8-15-5-4-10-31-15)19(26)12-24-21(27)16-6-3-7-18(25(29)30)20(16)22(24)28/h3-7,10-11H,8-9,12H2,1-2H3. The van der Waals surface area contributed by atoms with E-state index in [0.29, 0.717) is 12.1 Å². The van der Waals surface area contributed by atoms with Crippen LogP contribution in [-0.2, 0) is 13.0 Å². The van der Waals surface area contributed by atoms with Gasteiger partial charge in [-0.25, -0.2) is 0 Å². The quantitative estimate of drug-likeness (QED) is 0.242. The lowest BCUT2D eigenvalue weighted by Crippen LogP contribution is -2.35. The minimum atomic E-state index is -0.813. The third-order valence-corrected chi connectivity index (χ3v) is 6.45. The summed E-state index contributed by atoms with van der Waals surface area (Å²) < 4.78 is 2.04. The van der Waals surface area contributed by atoms with Gasteiger partial charge in [-0.15, -0.1) is 11.3 Å². The summed E-state index contributed by atoms with van der Waals surface area (Å²) in [5, 5.41) is 13.3. The van der Waals surface area contributed by atoms with E-state index in [9.17, 15) is 24.5 Å². The molecule has 0 saturated carbocycles. The van der Waals surface area contributed by atoms with Gasteiger partial charge in [0.25, 0.3) is 17.5 Å².